The van der Waals surface area contributed by atoms with Gasteiger partial charge < -0.3 is 14.6 Å². The van der Waals surface area contributed by atoms with Gasteiger partial charge >= 0.3 is 0 Å². The molecule has 0 saturated carbocycles. The first-order chi connectivity index (χ1) is 8.42. The fraction of sp³-hybridized carbons (Fsp3) is 0.786. The Morgan fingerprint density at radius 2 is 2.11 bits per heavy atom. The molecule has 0 amide bonds. The maximum absolute atomic E-state index is 5.62. The number of nitrogens with one attached hydrogen (secondary N) is 1. The Kier molecular flexibility index (Phi) is 5.35. The lowest BCUT2D eigenvalue weighted by Crippen LogP contribution is -2.50. The summed E-state index contributed by atoms with van der Waals surface area (Å²) in [5.41, 5.74) is 2.13. The van der Waals surface area contributed by atoms with Crippen molar-refractivity contribution in [1.29, 1.82) is 0 Å². The van der Waals surface area contributed by atoms with E-state index in [-0.39, 0.29) is 11.6 Å². The minimum Gasteiger partial charge on any atom is -0.377 e. The summed E-state index contributed by atoms with van der Waals surface area (Å²) in [6.07, 6.45) is 3.04. The zero-order valence-corrected chi connectivity index (χ0v) is 12.6. The smallest absolute Gasteiger partial charge is 0.0951 e. The molecule has 0 radical (unpaired) electrons. The predicted octanol–water partition coefficient (Wildman–Crippen LogP) is 2.29. The Hall–Kier alpha value is -0.870. The largest absolute Gasteiger partial charge is 0.377 e. The number of hydrogen-bond acceptors (Lipinski definition) is 3. The van der Waals surface area contributed by atoms with Crippen LogP contribution in [0.4, 0.5) is 0 Å². The number of hydrogen-bond donors (Lipinski definition) is 1. The van der Waals surface area contributed by atoms with Crippen LogP contribution < -0.4 is 5.32 Å². The van der Waals surface area contributed by atoms with Crippen molar-refractivity contribution in [2.45, 2.75) is 59.2 Å². The molecule has 1 aromatic rings. The summed E-state index contributed by atoms with van der Waals surface area (Å²) < 4.78 is 7.82. The van der Waals surface area contributed by atoms with Gasteiger partial charge in [-0.05, 0) is 40.7 Å². The third kappa shape index (κ3) is 3.56. The van der Waals surface area contributed by atoms with Gasteiger partial charge in [-0.25, -0.2) is 4.98 Å². The van der Waals surface area contributed by atoms with Gasteiger partial charge in [0, 0.05) is 19.3 Å². The van der Waals surface area contributed by atoms with Crippen LogP contribution >= 0.6 is 0 Å². The highest BCUT2D eigenvalue weighted by molar-refractivity contribution is 5.09. The zero-order chi connectivity index (χ0) is 13.8. The van der Waals surface area contributed by atoms with Gasteiger partial charge in [-0.2, -0.15) is 0 Å². The third-order valence-electron chi connectivity index (χ3n) is 3.73. The predicted molar refractivity (Wildman–Crippen MR) is 74.9 cm³/mol. The third-order valence-corrected chi connectivity index (χ3v) is 3.73. The van der Waals surface area contributed by atoms with Crippen LogP contribution in [0.25, 0.3) is 0 Å². The lowest BCUT2D eigenvalue weighted by molar-refractivity contribution is -0.0149. The molecule has 1 rings (SSSR count). The van der Waals surface area contributed by atoms with Crippen LogP contribution in [0, 0.1) is 13.8 Å². The highest BCUT2D eigenvalue weighted by atomic mass is 16.5. The molecule has 104 valence electrons. The molecule has 1 N–H and O–H groups in total. The van der Waals surface area contributed by atoms with Crippen LogP contribution in [-0.2, 0) is 11.3 Å². The number of nitrogens with zero attached hydrogens (tertiary/aromatic N) is 2. The van der Waals surface area contributed by atoms with Gasteiger partial charge in [0.1, 0.15) is 0 Å². The number of rotatable bonds is 7. The summed E-state index contributed by atoms with van der Waals surface area (Å²) in [4.78, 5) is 4.35. The van der Waals surface area contributed by atoms with E-state index in [0.717, 1.165) is 25.2 Å². The van der Waals surface area contributed by atoms with E-state index in [0.29, 0.717) is 0 Å². The quantitative estimate of drug-likeness (QED) is 0.810. The van der Waals surface area contributed by atoms with Crippen molar-refractivity contribution in [3.63, 3.8) is 0 Å². The summed E-state index contributed by atoms with van der Waals surface area (Å²) in [6, 6.07) is 0.273. The molecule has 1 aromatic heterocycles. The lowest BCUT2D eigenvalue weighted by Gasteiger charge is -2.34. The number of aromatic nitrogens is 2. The van der Waals surface area contributed by atoms with Crippen molar-refractivity contribution >= 4 is 0 Å². The fourth-order valence-electron chi connectivity index (χ4n) is 1.92. The monoisotopic (exact) mass is 253 g/mol. The van der Waals surface area contributed by atoms with Gasteiger partial charge in [0.25, 0.3) is 0 Å². The first kappa shape index (κ1) is 15.2. The Morgan fingerprint density at radius 3 is 2.56 bits per heavy atom. The van der Waals surface area contributed by atoms with Gasteiger partial charge in [0.05, 0.1) is 23.7 Å². The van der Waals surface area contributed by atoms with Crippen molar-refractivity contribution in [2.75, 3.05) is 13.7 Å². The normalized spacial score (nSPS) is 13.9. The maximum Gasteiger partial charge on any atom is 0.0951 e. The summed E-state index contributed by atoms with van der Waals surface area (Å²) in [6.45, 7) is 12.5. The average molecular weight is 253 g/mol. The molecule has 4 nitrogen and oxygen atoms in total. The summed E-state index contributed by atoms with van der Waals surface area (Å²) in [7, 11) is 1.77. The van der Waals surface area contributed by atoms with Crippen molar-refractivity contribution in [3.05, 3.63) is 17.7 Å². The molecular weight excluding hydrogens is 226 g/mol. The van der Waals surface area contributed by atoms with E-state index >= 15 is 0 Å². The molecule has 0 aromatic carbocycles. The first-order valence-electron chi connectivity index (χ1n) is 6.69. The molecular formula is C14H27N3O. The van der Waals surface area contributed by atoms with Crippen LogP contribution in [0.5, 0.6) is 0 Å². The molecule has 0 bridgehead atoms. The molecule has 1 unspecified atom stereocenters. The van der Waals surface area contributed by atoms with Crippen LogP contribution in [-0.4, -0.2) is 34.8 Å². The Bertz CT molecular complexity index is 371. The Labute approximate surface area is 111 Å². The van der Waals surface area contributed by atoms with Gasteiger partial charge in [-0.3, -0.25) is 0 Å². The van der Waals surface area contributed by atoms with Gasteiger partial charge in [-0.1, -0.05) is 6.92 Å². The van der Waals surface area contributed by atoms with E-state index in [1.807, 2.05) is 13.3 Å². The minimum absolute atomic E-state index is 0.195. The van der Waals surface area contributed by atoms with Gasteiger partial charge in [0.15, 0.2) is 0 Å². The summed E-state index contributed by atoms with van der Waals surface area (Å²) in [5.74, 6) is 0. The Balaban J connectivity index is 2.81. The van der Waals surface area contributed by atoms with Crippen LogP contribution in [0.15, 0.2) is 6.33 Å². The van der Waals surface area contributed by atoms with Crippen LogP contribution in [0.3, 0.4) is 0 Å². The van der Waals surface area contributed by atoms with E-state index in [1.165, 1.54) is 5.69 Å². The molecule has 0 aliphatic heterocycles. The van der Waals surface area contributed by atoms with E-state index in [1.54, 1.807) is 7.11 Å². The van der Waals surface area contributed by atoms with Crippen LogP contribution in [0.1, 0.15) is 38.6 Å². The highest BCUT2D eigenvalue weighted by Crippen LogP contribution is 2.17. The molecule has 0 fully saturated rings. The molecule has 0 aliphatic carbocycles. The number of imidazole rings is 1. The molecule has 18 heavy (non-hydrogen) atoms. The van der Waals surface area contributed by atoms with E-state index in [9.17, 15) is 0 Å². The lowest BCUT2D eigenvalue weighted by atomic mass is 9.98. The minimum atomic E-state index is -0.195. The van der Waals surface area contributed by atoms with E-state index in [4.69, 9.17) is 4.74 Å². The SMILES string of the molecule is CCCNC(Cn1cnc(C)c1C)C(C)(C)OC. The van der Waals surface area contributed by atoms with Crippen molar-refractivity contribution in [3.8, 4) is 0 Å². The average Bonchev–Trinajstić information content (AvgIpc) is 2.65. The second-order valence-electron chi connectivity index (χ2n) is 5.38. The summed E-state index contributed by atoms with van der Waals surface area (Å²) in [5, 5.41) is 3.57. The highest BCUT2D eigenvalue weighted by Gasteiger charge is 2.29. The number of aryl methyl sites for hydroxylation is 1. The molecule has 1 atom stereocenters. The first-order valence-corrected chi connectivity index (χ1v) is 6.69. The van der Waals surface area contributed by atoms with Gasteiger partial charge in [0.2, 0.25) is 0 Å². The van der Waals surface area contributed by atoms with Gasteiger partial charge in [-0.15, -0.1) is 0 Å². The number of methoxy groups -OCH3 is 1. The zero-order valence-electron chi connectivity index (χ0n) is 12.6. The standard InChI is InChI=1S/C14H27N3O/c1-7-8-15-13(14(4,5)18-6)9-17-10-16-11(2)12(17)3/h10,13,15H,7-9H2,1-6H3. The fourth-order valence-corrected chi connectivity index (χ4v) is 1.92. The van der Waals surface area contributed by atoms with Crippen molar-refractivity contribution in [2.24, 2.45) is 0 Å². The Morgan fingerprint density at radius 1 is 1.44 bits per heavy atom. The molecule has 0 aliphatic rings. The number of ether oxygens (including phenoxy) is 1. The van der Waals surface area contributed by atoms with Crippen LogP contribution in [0.2, 0.25) is 0 Å². The van der Waals surface area contributed by atoms with E-state index in [2.05, 4.69) is 42.6 Å². The maximum atomic E-state index is 5.62. The molecule has 1 heterocycles. The summed E-state index contributed by atoms with van der Waals surface area (Å²) >= 11 is 0. The van der Waals surface area contributed by atoms with Crippen molar-refractivity contribution in [1.82, 2.24) is 14.9 Å². The molecule has 0 saturated heterocycles. The topological polar surface area (TPSA) is 39.1 Å². The molecule has 0 spiro atoms. The second kappa shape index (κ2) is 6.34. The second-order valence-corrected chi connectivity index (χ2v) is 5.38. The van der Waals surface area contributed by atoms with Crippen molar-refractivity contribution < 1.29 is 4.74 Å². The van der Waals surface area contributed by atoms with E-state index < -0.39 is 0 Å². The molecule has 4 heteroatoms.